The van der Waals surface area contributed by atoms with Crippen LogP contribution in [0.15, 0.2) is 65.4 Å². The van der Waals surface area contributed by atoms with Crippen molar-refractivity contribution in [3.63, 3.8) is 0 Å². The molecule has 1 atom stereocenters. The maximum Gasteiger partial charge on any atom is 0.273 e. The van der Waals surface area contributed by atoms with E-state index in [1.54, 1.807) is 23.1 Å². The predicted octanol–water partition coefficient (Wildman–Crippen LogP) is 3.05. The number of nitrogens with zero attached hydrogens (tertiary/aromatic N) is 2. The van der Waals surface area contributed by atoms with Crippen molar-refractivity contribution in [1.29, 1.82) is 0 Å². The summed E-state index contributed by atoms with van der Waals surface area (Å²) in [6, 6.07) is 15.4. The molecule has 1 aliphatic rings. The van der Waals surface area contributed by atoms with Crippen molar-refractivity contribution in [3.05, 3.63) is 78.1 Å². The van der Waals surface area contributed by atoms with Crippen LogP contribution in [0, 0.1) is 5.82 Å². The van der Waals surface area contributed by atoms with Crippen molar-refractivity contribution in [2.75, 3.05) is 13.1 Å². The standard InChI is InChI=1S/C22H20FN3O3/c23-18-9-5-4-8-16(18)12-19(27)26-11-10-17(26)13-24-22(28)20-21(29-14-25-20)15-6-2-1-3-7-15/h1-9,14,17H,10-13H2,(H,24,28). The van der Waals surface area contributed by atoms with E-state index in [0.717, 1.165) is 12.0 Å². The smallest absolute Gasteiger partial charge is 0.273 e. The van der Waals surface area contributed by atoms with Gasteiger partial charge in [-0.1, -0.05) is 48.5 Å². The van der Waals surface area contributed by atoms with E-state index >= 15 is 0 Å². The lowest BCUT2D eigenvalue weighted by Gasteiger charge is -2.41. The van der Waals surface area contributed by atoms with Crippen LogP contribution >= 0.6 is 0 Å². The van der Waals surface area contributed by atoms with Crippen LogP contribution in [0.25, 0.3) is 11.3 Å². The minimum atomic E-state index is -0.384. The molecule has 1 N–H and O–H groups in total. The number of carbonyl (C=O) groups excluding carboxylic acids is 2. The Labute approximate surface area is 167 Å². The maximum atomic E-state index is 13.8. The summed E-state index contributed by atoms with van der Waals surface area (Å²) >= 11 is 0. The number of rotatable bonds is 6. The van der Waals surface area contributed by atoms with E-state index in [1.807, 2.05) is 30.3 Å². The van der Waals surface area contributed by atoms with Crippen LogP contribution in [0.3, 0.4) is 0 Å². The molecule has 148 valence electrons. The average Bonchev–Trinajstić information content (AvgIpc) is 3.19. The molecule has 2 aromatic carbocycles. The van der Waals surface area contributed by atoms with Crippen molar-refractivity contribution in [2.24, 2.45) is 0 Å². The van der Waals surface area contributed by atoms with E-state index in [2.05, 4.69) is 10.3 Å². The van der Waals surface area contributed by atoms with Gasteiger partial charge in [0.15, 0.2) is 17.8 Å². The fourth-order valence-corrected chi connectivity index (χ4v) is 3.38. The van der Waals surface area contributed by atoms with Gasteiger partial charge in [-0.05, 0) is 18.1 Å². The fourth-order valence-electron chi connectivity index (χ4n) is 3.38. The topological polar surface area (TPSA) is 75.4 Å². The summed E-state index contributed by atoms with van der Waals surface area (Å²) in [5, 5.41) is 2.83. The molecule has 1 aliphatic heterocycles. The molecular formula is C22H20FN3O3. The predicted molar refractivity (Wildman–Crippen MR) is 104 cm³/mol. The highest BCUT2D eigenvalue weighted by Crippen LogP contribution is 2.23. The maximum absolute atomic E-state index is 13.8. The van der Waals surface area contributed by atoms with Crippen molar-refractivity contribution >= 4 is 11.8 Å². The average molecular weight is 393 g/mol. The van der Waals surface area contributed by atoms with Crippen LogP contribution in [-0.4, -0.2) is 40.8 Å². The van der Waals surface area contributed by atoms with E-state index < -0.39 is 0 Å². The van der Waals surface area contributed by atoms with E-state index in [4.69, 9.17) is 4.42 Å². The van der Waals surface area contributed by atoms with Gasteiger partial charge in [-0.2, -0.15) is 0 Å². The molecule has 1 fully saturated rings. The molecule has 6 nitrogen and oxygen atoms in total. The Balaban J connectivity index is 1.35. The van der Waals surface area contributed by atoms with Crippen LogP contribution in [0.1, 0.15) is 22.5 Å². The first-order valence-electron chi connectivity index (χ1n) is 9.43. The highest BCUT2D eigenvalue weighted by molar-refractivity contribution is 5.97. The quantitative estimate of drug-likeness (QED) is 0.698. The molecule has 0 aliphatic carbocycles. The monoisotopic (exact) mass is 393 g/mol. The van der Waals surface area contributed by atoms with Gasteiger partial charge in [0, 0.05) is 18.7 Å². The number of hydrogen-bond donors (Lipinski definition) is 1. The number of oxazole rings is 1. The molecule has 0 spiro atoms. The van der Waals surface area contributed by atoms with E-state index in [1.165, 1.54) is 12.5 Å². The lowest BCUT2D eigenvalue weighted by molar-refractivity contribution is -0.137. The minimum absolute atomic E-state index is 0.0125. The summed E-state index contributed by atoms with van der Waals surface area (Å²) in [7, 11) is 0. The third kappa shape index (κ3) is 4.03. The highest BCUT2D eigenvalue weighted by atomic mass is 19.1. The summed E-state index contributed by atoms with van der Waals surface area (Å²) < 4.78 is 19.2. The number of likely N-dealkylation sites (tertiary alicyclic amines) is 1. The Hall–Kier alpha value is -3.48. The normalized spacial score (nSPS) is 15.6. The first-order chi connectivity index (χ1) is 14.1. The Morgan fingerprint density at radius 2 is 1.90 bits per heavy atom. The number of amides is 2. The number of nitrogens with one attached hydrogen (secondary N) is 1. The molecule has 2 amide bonds. The number of halogens is 1. The van der Waals surface area contributed by atoms with Gasteiger partial charge in [-0.25, -0.2) is 9.37 Å². The Morgan fingerprint density at radius 1 is 1.14 bits per heavy atom. The summed E-state index contributed by atoms with van der Waals surface area (Å²) in [5.74, 6) is -0.479. The second kappa shape index (κ2) is 8.26. The molecule has 2 heterocycles. The molecule has 0 bridgehead atoms. The number of hydrogen-bond acceptors (Lipinski definition) is 4. The number of carbonyl (C=O) groups is 2. The van der Waals surface area contributed by atoms with Gasteiger partial charge in [-0.3, -0.25) is 9.59 Å². The molecule has 0 saturated carbocycles. The Kier molecular flexibility index (Phi) is 5.37. The zero-order valence-corrected chi connectivity index (χ0v) is 15.7. The highest BCUT2D eigenvalue weighted by Gasteiger charge is 2.32. The van der Waals surface area contributed by atoms with Crippen LogP contribution in [-0.2, 0) is 11.2 Å². The molecule has 7 heteroatoms. The van der Waals surface area contributed by atoms with Crippen molar-refractivity contribution < 1.29 is 18.4 Å². The van der Waals surface area contributed by atoms with Gasteiger partial charge in [0.1, 0.15) is 5.82 Å². The van der Waals surface area contributed by atoms with Crippen molar-refractivity contribution in [1.82, 2.24) is 15.2 Å². The SMILES string of the molecule is O=C(NCC1CCN1C(=O)Cc1ccccc1F)c1ncoc1-c1ccccc1. The van der Waals surface area contributed by atoms with Crippen LogP contribution in [0.2, 0.25) is 0 Å². The molecule has 29 heavy (non-hydrogen) atoms. The number of benzene rings is 2. The van der Waals surface area contributed by atoms with Crippen molar-refractivity contribution in [2.45, 2.75) is 18.9 Å². The lowest BCUT2D eigenvalue weighted by Crippen LogP contribution is -2.56. The molecule has 0 radical (unpaired) electrons. The molecule has 4 rings (SSSR count). The summed E-state index contributed by atoms with van der Waals surface area (Å²) in [4.78, 5) is 30.8. The molecular weight excluding hydrogens is 373 g/mol. The zero-order chi connectivity index (χ0) is 20.2. The van der Waals surface area contributed by atoms with Gasteiger partial charge in [0.2, 0.25) is 5.91 Å². The van der Waals surface area contributed by atoms with Gasteiger partial charge < -0.3 is 14.6 Å². The van der Waals surface area contributed by atoms with E-state index in [0.29, 0.717) is 24.4 Å². The third-order valence-electron chi connectivity index (χ3n) is 5.08. The molecule has 1 unspecified atom stereocenters. The second-order valence-corrected chi connectivity index (χ2v) is 6.90. The lowest BCUT2D eigenvalue weighted by atomic mass is 10.0. The first-order valence-corrected chi connectivity index (χ1v) is 9.43. The van der Waals surface area contributed by atoms with E-state index in [9.17, 15) is 14.0 Å². The van der Waals surface area contributed by atoms with Crippen LogP contribution in [0.4, 0.5) is 4.39 Å². The second-order valence-electron chi connectivity index (χ2n) is 6.90. The summed E-state index contributed by atoms with van der Waals surface area (Å²) in [6.07, 6.45) is 2.04. The van der Waals surface area contributed by atoms with Gasteiger partial charge in [0.05, 0.1) is 12.5 Å². The molecule has 1 aromatic heterocycles. The largest absolute Gasteiger partial charge is 0.443 e. The van der Waals surface area contributed by atoms with Gasteiger partial charge in [0.25, 0.3) is 5.91 Å². The summed E-state index contributed by atoms with van der Waals surface area (Å²) in [6.45, 7) is 0.913. The molecule has 3 aromatic rings. The zero-order valence-electron chi connectivity index (χ0n) is 15.7. The van der Waals surface area contributed by atoms with Crippen LogP contribution in [0.5, 0.6) is 0 Å². The Bertz CT molecular complexity index is 1020. The summed E-state index contributed by atoms with van der Waals surface area (Å²) in [5.41, 5.74) is 1.35. The van der Waals surface area contributed by atoms with Crippen molar-refractivity contribution in [3.8, 4) is 11.3 Å². The van der Waals surface area contributed by atoms with Crippen LogP contribution < -0.4 is 5.32 Å². The van der Waals surface area contributed by atoms with E-state index in [-0.39, 0.29) is 35.8 Å². The minimum Gasteiger partial charge on any atom is -0.443 e. The number of aromatic nitrogens is 1. The Morgan fingerprint density at radius 3 is 2.62 bits per heavy atom. The molecule has 1 saturated heterocycles. The fraction of sp³-hybridized carbons (Fsp3) is 0.227. The van der Waals surface area contributed by atoms with Gasteiger partial charge in [-0.15, -0.1) is 0 Å². The first kappa shape index (κ1) is 18.9. The third-order valence-corrected chi connectivity index (χ3v) is 5.08. The van der Waals surface area contributed by atoms with Gasteiger partial charge >= 0.3 is 0 Å².